The van der Waals surface area contributed by atoms with Crippen molar-refractivity contribution < 1.29 is 4.74 Å². The maximum Gasteiger partial charge on any atom is 0.131 e. The van der Waals surface area contributed by atoms with Gasteiger partial charge >= 0.3 is 0 Å². The van der Waals surface area contributed by atoms with Crippen molar-refractivity contribution in [1.82, 2.24) is 0 Å². The highest BCUT2D eigenvalue weighted by Gasteiger charge is 2.04. The maximum atomic E-state index is 10.5. The summed E-state index contributed by atoms with van der Waals surface area (Å²) < 4.78 is 5.64. The molecule has 0 aliphatic heterocycles. The summed E-state index contributed by atoms with van der Waals surface area (Å²) >= 11 is 0. The lowest BCUT2D eigenvalue weighted by atomic mass is 10.2. The third-order valence-electron chi connectivity index (χ3n) is 2.45. The molecule has 0 saturated heterocycles. The molecule has 0 unspecified atom stereocenters. The van der Waals surface area contributed by atoms with Crippen LogP contribution in [-0.2, 0) is 0 Å². The summed E-state index contributed by atoms with van der Waals surface area (Å²) in [5, 5.41) is 5.80. The van der Waals surface area contributed by atoms with E-state index in [-0.39, 0.29) is 0 Å². The van der Waals surface area contributed by atoms with Gasteiger partial charge in [0.15, 0.2) is 0 Å². The molecule has 0 saturated carbocycles. The van der Waals surface area contributed by atoms with Gasteiger partial charge in [0.2, 0.25) is 0 Å². The fourth-order valence-corrected chi connectivity index (χ4v) is 1.53. The summed E-state index contributed by atoms with van der Waals surface area (Å²) in [5.74, 6) is 1.30. The molecule has 2 rings (SSSR count). The van der Waals surface area contributed by atoms with Gasteiger partial charge < -0.3 is 15.8 Å². The number of nitrogens with one attached hydrogen (secondary N) is 1. The number of nitrogen functional groups attached to an aromatic ring is 1. The Balaban J connectivity index is 2.24. The Morgan fingerprint density at radius 2 is 1.78 bits per heavy atom. The number of nitrogens with zero attached hydrogens (tertiary/aromatic N) is 1. The number of hydrogen-bond donors (Lipinski definition) is 2. The van der Waals surface area contributed by atoms with E-state index in [1.54, 1.807) is 49.5 Å². The predicted molar refractivity (Wildman–Crippen MR) is 72.4 cm³/mol. The van der Waals surface area contributed by atoms with Crippen molar-refractivity contribution in [3.05, 3.63) is 47.4 Å². The second-order valence-electron chi connectivity index (χ2n) is 3.69. The van der Waals surface area contributed by atoms with Crippen molar-refractivity contribution in [3.8, 4) is 11.5 Å². The molecule has 18 heavy (non-hydrogen) atoms. The SMILES string of the molecule is CNc1cc(Oc2ccc(N)cc2)ccc1N=O. The van der Waals surface area contributed by atoms with E-state index in [2.05, 4.69) is 10.5 Å². The number of nitrogens with two attached hydrogens (primary N) is 1. The minimum Gasteiger partial charge on any atom is -0.457 e. The van der Waals surface area contributed by atoms with Gasteiger partial charge in [-0.15, -0.1) is 4.91 Å². The van der Waals surface area contributed by atoms with Gasteiger partial charge in [-0.1, -0.05) is 0 Å². The number of nitroso groups, excluding NO2 is 1. The zero-order chi connectivity index (χ0) is 13.0. The molecule has 3 N–H and O–H groups in total. The average molecular weight is 243 g/mol. The summed E-state index contributed by atoms with van der Waals surface area (Å²) in [5.41, 5.74) is 7.24. The van der Waals surface area contributed by atoms with Crippen LogP contribution < -0.4 is 15.8 Å². The number of hydrogen-bond acceptors (Lipinski definition) is 5. The summed E-state index contributed by atoms with van der Waals surface area (Å²) in [7, 11) is 1.72. The average Bonchev–Trinajstić information content (AvgIpc) is 2.41. The van der Waals surface area contributed by atoms with E-state index < -0.39 is 0 Å². The summed E-state index contributed by atoms with van der Waals surface area (Å²) in [6.07, 6.45) is 0. The fourth-order valence-electron chi connectivity index (χ4n) is 1.53. The monoisotopic (exact) mass is 243 g/mol. The molecule has 0 aromatic heterocycles. The zero-order valence-corrected chi connectivity index (χ0v) is 9.88. The Morgan fingerprint density at radius 1 is 1.11 bits per heavy atom. The van der Waals surface area contributed by atoms with E-state index in [4.69, 9.17) is 10.5 Å². The molecule has 0 amide bonds. The molecule has 2 aromatic rings. The number of anilines is 2. The molecular weight excluding hydrogens is 230 g/mol. The Hall–Kier alpha value is -2.56. The van der Waals surface area contributed by atoms with Crippen molar-refractivity contribution >= 4 is 17.1 Å². The minimum absolute atomic E-state index is 0.349. The maximum absolute atomic E-state index is 10.5. The van der Waals surface area contributed by atoms with E-state index in [0.29, 0.717) is 28.6 Å². The van der Waals surface area contributed by atoms with Crippen LogP contribution in [0.15, 0.2) is 47.6 Å². The van der Waals surface area contributed by atoms with Crippen LogP contribution in [0.2, 0.25) is 0 Å². The van der Waals surface area contributed by atoms with Crippen molar-refractivity contribution in [3.63, 3.8) is 0 Å². The first-order chi connectivity index (χ1) is 8.72. The van der Waals surface area contributed by atoms with Crippen LogP contribution in [0.5, 0.6) is 11.5 Å². The lowest BCUT2D eigenvalue weighted by molar-refractivity contribution is 0.483. The number of rotatable bonds is 4. The lowest BCUT2D eigenvalue weighted by Crippen LogP contribution is -1.91. The standard InChI is InChI=1S/C13H13N3O2/c1-15-13-8-11(6-7-12(13)16-17)18-10-4-2-9(14)3-5-10/h2-8,15H,14H2,1H3. The molecule has 0 bridgehead atoms. The van der Waals surface area contributed by atoms with Crippen molar-refractivity contribution in [2.45, 2.75) is 0 Å². The smallest absolute Gasteiger partial charge is 0.131 e. The van der Waals surface area contributed by atoms with Gasteiger partial charge in [0.25, 0.3) is 0 Å². The molecular formula is C13H13N3O2. The van der Waals surface area contributed by atoms with Crippen LogP contribution in [0, 0.1) is 4.91 Å². The molecule has 5 nitrogen and oxygen atoms in total. The van der Waals surface area contributed by atoms with Crippen molar-refractivity contribution in [2.75, 3.05) is 18.1 Å². The van der Waals surface area contributed by atoms with Gasteiger partial charge in [0.05, 0.1) is 5.69 Å². The van der Waals surface area contributed by atoms with Crippen LogP contribution in [0.3, 0.4) is 0 Å². The highest BCUT2D eigenvalue weighted by molar-refractivity contribution is 5.67. The Bertz CT molecular complexity index is 553. The molecule has 92 valence electrons. The second kappa shape index (κ2) is 5.18. The Kier molecular flexibility index (Phi) is 3.43. The van der Waals surface area contributed by atoms with Gasteiger partial charge in [-0.25, -0.2) is 0 Å². The molecule has 0 fully saturated rings. The Labute approximate surface area is 105 Å². The van der Waals surface area contributed by atoms with E-state index in [9.17, 15) is 4.91 Å². The molecule has 5 heteroatoms. The fraction of sp³-hybridized carbons (Fsp3) is 0.0769. The van der Waals surface area contributed by atoms with Crippen LogP contribution in [0.4, 0.5) is 17.1 Å². The third kappa shape index (κ3) is 2.57. The first kappa shape index (κ1) is 11.9. The molecule has 0 atom stereocenters. The summed E-state index contributed by atoms with van der Waals surface area (Å²) in [4.78, 5) is 10.5. The van der Waals surface area contributed by atoms with Crippen molar-refractivity contribution in [1.29, 1.82) is 0 Å². The van der Waals surface area contributed by atoms with Crippen LogP contribution >= 0.6 is 0 Å². The number of ether oxygens (including phenoxy) is 1. The highest BCUT2D eigenvalue weighted by atomic mass is 16.5. The zero-order valence-electron chi connectivity index (χ0n) is 9.88. The van der Waals surface area contributed by atoms with Crippen LogP contribution in [0.1, 0.15) is 0 Å². The Morgan fingerprint density at radius 3 is 2.39 bits per heavy atom. The molecule has 0 spiro atoms. The summed E-state index contributed by atoms with van der Waals surface area (Å²) in [6, 6.07) is 12.1. The molecule has 2 aromatic carbocycles. The van der Waals surface area contributed by atoms with Gasteiger partial charge in [-0.2, -0.15) is 0 Å². The topological polar surface area (TPSA) is 76.7 Å². The largest absolute Gasteiger partial charge is 0.457 e. The van der Waals surface area contributed by atoms with Crippen LogP contribution in [0.25, 0.3) is 0 Å². The van der Waals surface area contributed by atoms with Gasteiger partial charge in [0, 0.05) is 18.8 Å². The van der Waals surface area contributed by atoms with E-state index >= 15 is 0 Å². The molecule has 0 radical (unpaired) electrons. The van der Waals surface area contributed by atoms with E-state index in [1.807, 2.05) is 0 Å². The summed E-state index contributed by atoms with van der Waals surface area (Å²) in [6.45, 7) is 0. The molecule has 0 aliphatic carbocycles. The quantitative estimate of drug-likeness (QED) is 0.636. The number of benzene rings is 2. The predicted octanol–water partition coefficient (Wildman–Crippen LogP) is 3.50. The third-order valence-corrected chi connectivity index (χ3v) is 2.45. The van der Waals surface area contributed by atoms with E-state index in [0.717, 1.165) is 0 Å². The van der Waals surface area contributed by atoms with Gasteiger partial charge in [-0.3, -0.25) is 0 Å². The van der Waals surface area contributed by atoms with Gasteiger partial charge in [0.1, 0.15) is 17.2 Å². The van der Waals surface area contributed by atoms with Crippen LogP contribution in [-0.4, -0.2) is 7.05 Å². The molecule has 0 aliphatic rings. The van der Waals surface area contributed by atoms with Crippen molar-refractivity contribution in [2.24, 2.45) is 5.18 Å². The van der Waals surface area contributed by atoms with Gasteiger partial charge in [-0.05, 0) is 41.6 Å². The minimum atomic E-state index is 0.349. The second-order valence-corrected chi connectivity index (χ2v) is 3.69. The molecule has 0 heterocycles. The normalized spacial score (nSPS) is 9.83. The lowest BCUT2D eigenvalue weighted by Gasteiger charge is -2.08. The highest BCUT2D eigenvalue weighted by Crippen LogP contribution is 2.31. The first-order valence-corrected chi connectivity index (χ1v) is 5.41. The van der Waals surface area contributed by atoms with E-state index in [1.165, 1.54) is 0 Å². The first-order valence-electron chi connectivity index (χ1n) is 5.41.